The van der Waals surface area contributed by atoms with Crippen molar-refractivity contribution in [1.82, 2.24) is 15.0 Å². The number of hydrogen-bond donors (Lipinski definition) is 1. The fourth-order valence-corrected chi connectivity index (χ4v) is 3.18. The van der Waals surface area contributed by atoms with E-state index in [0.717, 1.165) is 0 Å². The number of hydrogen-bond acceptors (Lipinski definition) is 5. The number of halogens is 4. The molecule has 0 aliphatic rings. The molecule has 4 rings (SSSR count). The van der Waals surface area contributed by atoms with Crippen molar-refractivity contribution in [1.29, 1.82) is 0 Å². The van der Waals surface area contributed by atoms with Crippen LogP contribution in [0.1, 0.15) is 0 Å². The standard InChI is InChI=1S/C20H12ClF3N4O/c21-14-10-13(9-12-7-4-8-26-15(12)14)17-16(11-5-2-1-3-6-11)27-18(25)19(28-17)29-20(22,23)24/h1-10H,(H2,25,27). The number of aromatic nitrogens is 3. The molecule has 0 amide bonds. The van der Waals surface area contributed by atoms with E-state index in [0.29, 0.717) is 32.7 Å². The van der Waals surface area contributed by atoms with Crippen LogP contribution >= 0.6 is 11.6 Å². The fraction of sp³-hybridized carbons (Fsp3) is 0.0500. The maximum absolute atomic E-state index is 12.8. The molecule has 2 aromatic heterocycles. The van der Waals surface area contributed by atoms with Crippen LogP contribution in [0.2, 0.25) is 5.02 Å². The van der Waals surface area contributed by atoms with E-state index in [9.17, 15) is 13.2 Å². The molecule has 0 radical (unpaired) electrons. The van der Waals surface area contributed by atoms with Gasteiger partial charge in [-0.2, -0.15) is 0 Å². The van der Waals surface area contributed by atoms with Gasteiger partial charge in [0.25, 0.3) is 5.88 Å². The summed E-state index contributed by atoms with van der Waals surface area (Å²) in [6.07, 6.45) is -3.36. The molecule has 0 atom stereocenters. The summed E-state index contributed by atoms with van der Waals surface area (Å²) < 4.78 is 42.3. The van der Waals surface area contributed by atoms with E-state index in [1.807, 2.05) is 0 Å². The predicted octanol–water partition coefficient (Wildman–Crippen LogP) is 5.49. The highest BCUT2D eigenvalue weighted by atomic mass is 35.5. The molecule has 9 heteroatoms. The summed E-state index contributed by atoms with van der Waals surface area (Å²) in [6, 6.07) is 15.7. The van der Waals surface area contributed by atoms with Gasteiger partial charge in [0.1, 0.15) is 5.69 Å². The molecule has 0 saturated heterocycles. The monoisotopic (exact) mass is 416 g/mol. The van der Waals surface area contributed by atoms with Crippen LogP contribution in [0.3, 0.4) is 0 Å². The molecule has 29 heavy (non-hydrogen) atoms. The SMILES string of the molecule is Nc1nc(-c2ccccc2)c(-c2cc(Cl)c3ncccc3c2)nc1OC(F)(F)F. The van der Waals surface area contributed by atoms with Crippen molar-refractivity contribution in [2.75, 3.05) is 5.73 Å². The highest BCUT2D eigenvalue weighted by Gasteiger charge is 2.34. The zero-order valence-electron chi connectivity index (χ0n) is 14.6. The van der Waals surface area contributed by atoms with E-state index >= 15 is 0 Å². The van der Waals surface area contributed by atoms with Crippen molar-refractivity contribution in [2.45, 2.75) is 6.36 Å². The van der Waals surface area contributed by atoms with Gasteiger partial charge in [-0.05, 0) is 18.2 Å². The lowest BCUT2D eigenvalue weighted by molar-refractivity contribution is -0.275. The minimum absolute atomic E-state index is 0.150. The molecule has 0 spiro atoms. The van der Waals surface area contributed by atoms with Crippen LogP contribution in [0.15, 0.2) is 60.8 Å². The van der Waals surface area contributed by atoms with Crippen LogP contribution in [0.5, 0.6) is 5.88 Å². The van der Waals surface area contributed by atoms with Crippen molar-refractivity contribution in [2.24, 2.45) is 0 Å². The van der Waals surface area contributed by atoms with Crippen LogP contribution in [0, 0.1) is 0 Å². The summed E-state index contributed by atoms with van der Waals surface area (Å²) >= 11 is 6.34. The number of rotatable bonds is 3. The van der Waals surface area contributed by atoms with E-state index in [1.165, 1.54) is 0 Å². The number of alkyl halides is 3. The van der Waals surface area contributed by atoms with Gasteiger partial charge in [0.15, 0.2) is 5.82 Å². The summed E-state index contributed by atoms with van der Waals surface area (Å²) in [7, 11) is 0. The number of nitrogens with zero attached hydrogens (tertiary/aromatic N) is 3. The second-order valence-corrected chi connectivity index (χ2v) is 6.47. The van der Waals surface area contributed by atoms with Crippen LogP contribution in [-0.2, 0) is 0 Å². The first-order valence-electron chi connectivity index (χ1n) is 8.35. The summed E-state index contributed by atoms with van der Waals surface area (Å²) in [5.41, 5.74) is 7.80. The van der Waals surface area contributed by atoms with Gasteiger partial charge in [0, 0.05) is 22.7 Å². The molecule has 0 unspecified atom stereocenters. The molecule has 0 aliphatic carbocycles. The van der Waals surface area contributed by atoms with E-state index in [-0.39, 0.29) is 5.69 Å². The third kappa shape index (κ3) is 3.93. The first-order valence-corrected chi connectivity index (χ1v) is 8.73. The van der Waals surface area contributed by atoms with E-state index in [4.69, 9.17) is 17.3 Å². The van der Waals surface area contributed by atoms with Gasteiger partial charge in [0.2, 0.25) is 0 Å². The summed E-state index contributed by atoms with van der Waals surface area (Å²) in [4.78, 5) is 12.4. The molecule has 2 heterocycles. The lowest BCUT2D eigenvalue weighted by Gasteiger charge is -2.15. The Morgan fingerprint density at radius 1 is 0.897 bits per heavy atom. The fourth-order valence-electron chi connectivity index (χ4n) is 2.90. The number of nitrogen functional groups attached to an aromatic ring is 1. The van der Waals surface area contributed by atoms with Gasteiger partial charge in [-0.1, -0.05) is 48.0 Å². The predicted molar refractivity (Wildman–Crippen MR) is 104 cm³/mol. The lowest BCUT2D eigenvalue weighted by Crippen LogP contribution is -2.19. The Balaban J connectivity index is 1.98. The highest BCUT2D eigenvalue weighted by molar-refractivity contribution is 6.35. The minimum Gasteiger partial charge on any atom is -0.384 e. The number of benzene rings is 2. The molecule has 0 saturated carbocycles. The van der Waals surface area contributed by atoms with Crippen molar-refractivity contribution in [3.05, 3.63) is 65.8 Å². The third-order valence-electron chi connectivity index (χ3n) is 4.08. The van der Waals surface area contributed by atoms with E-state index in [1.54, 1.807) is 60.8 Å². The van der Waals surface area contributed by atoms with E-state index in [2.05, 4.69) is 19.7 Å². The Morgan fingerprint density at radius 3 is 2.34 bits per heavy atom. The van der Waals surface area contributed by atoms with Crippen LogP contribution < -0.4 is 10.5 Å². The molecular formula is C20H12ClF3N4O. The summed E-state index contributed by atoms with van der Waals surface area (Å²) in [5.74, 6) is -1.30. The minimum atomic E-state index is -4.96. The molecular weight excluding hydrogens is 405 g/mol. The van der Waals surface area contributed by atoms with E-state index < -0.39 is 18.1 Å². The normalized spacial score (nSPS) is 11.6. The van der Waals surface area contributed by atoms with Gasteiger partial charge < -0.3 is 10.5 Å². The highest BCUT2D eigenvalue weighted by Crippen LogP contribution is 2.37. The Kier molecular flexibility index (Phi) is 4.71. The van der Waals surface area contributed by atoms with Crippen LogP contribution in [0.4, 0.5) is 19.0 Å². The Morgan fingerprint density at radius 2 is 1.62 bits per heavy atom. The van der Waals surface area contributed by atoms with Gasteiger partial charge in [-0.25, -0.2) is 9.97 Å². The number of nitrogens with two attached hydrogens (primary N) is 1. The molecule has 5 nitrogen and oxygen atoms in total. The first-order chi connectivity index (χ1) is 13.8. The Bertz CT molecular complexity index is 1200. The van der Waals surface area contributed by atoms with Gasteiger partial charge >= 0.3 is 6.36 Å². The first kappa shape index (κ1) is 18.9. The third-order valence-corrected chi connectivity index (χ3v) is 4.37. The molecule has 2 aromatic carbocycles. The van der Waals surface area contributed by atoms with Crippen molar-refractivity contribution in [3.63, 3.8) is 0 Å². The molecule has 4 aromatic rings. The van der Waals surface area contributed by atoms with Gasteiger partial charge in [-0.15, -0.1) is 13.2 Å². The molecule has 146 valence electrons. The molecule has 0 bridgehead atoms. The summed E-state index contributed by atoms with van der Waals surface area (Å²) in [5, 5.41) is 1.03. The average Bonchev–Trinajstić information content (AvgIpc) is 2.69. The molecule has 0 fully saturated rings. The Hall–Kier alpha value is -3.39. The zero-order chi connectivity index (χ0) is 20.6. The largest absolute Gasteiger partial charge is 0.574 e. The lowest BCUT2D eigenvalue weighted by atomic mass is 10.0. The maximum Gasteiger partial charge on any atom is 0.574 e. The number of fused-ring (bicyclic) bond motifs is 1. The Labute approximate surface area is 168 Å². The quantitative estimate of drug-likeness (QED) is 0.478. The van der Waals surface area contributed by atoms with Crippen LogP contribution in [0.25, 0.3) is 33.4 Å². The number of ether oxygens (including phenoxy) is 1. The van der Waals surface area contributed by atoms with Crippen molar-refractivity contribution < 1.29 is 17.9 Å². The van der Waals surface area contributed by atoms with Crippen molar-refractivity contribution >= 4 is 28.3 Å². The second kappa shape index (κ2) is 7.21. The smallest absolute Gasteiger partial charge is 0.384 e. The molecule has 0 aliphatic heterocycles. The average molecular weight is 417 g/mol. The topological polar surface area (TPSA) is 73.9 Å². The van der Waals surface area contributed by atoms with Gasteiger partial charge in [0.05, 0.1) is 16.2 Å². The number of anilines is 1. The zero-order valence-corrected chi connectivity index (χ0v) is 15.4. The van der Waals surface area contributed by atoms with Gasteiger partial charge in [-0.3, -0.25) is 4.98 Å². The van der Waals surface area contributed by atoms with Crippen molar-refractivity contribution in [3.8, 4) is 28.4 Å². The van der Waals surface area contributed by atoms with Crippen LogP contribution in [-0.4, -0.2) is 21.3 Å². The summed E-state index contributed by atoms with van der Waals surface area (Å²) in [6.45, 7) is 0. The number of pyridine rings is 1. The molecule has 2 N–H and O–H groups in total. The maximum atomic E-state index is 12.8. The second-order valence-electron chi connectivity index (χ2n) is 6.06.